The second-order valence-corrected chi connectivity index (χ2v) is 5.68. The van der Waals surface area contributed by atoms with Crippen molar-refractivity contribution < 1.29 is 24.2 Å². The fourth-order valence-corrected chi connectivity index (χ4v) is 1.70. The van der Waals surface area contributed by atoms with Crippen LogP contribution < -0.4 is 5.32 Å². The van der Waals surface area contributed by atoms with E-state index in [4.69, 9.17) is 9.84 Å². The molecular weight excluding hydrogens is 262 g/mol. The maximum Gasteiger partial charge on any atom is 0.407 e. The van der Waals surface area contributed by atoms with E-state index in [1.165, 1.54) is 7.11 Å². The lowest BCUT2D eigenvalue weighted by molar-refractivity contribution is -0.140. The Morgan fingerprint density at radius 2 is 1.80 bits per heavy atom. The minimum absolute atomic E-state index is 0.0729. The van der Waals surface area contributed by atoms with Gasteiger partial charge in [0, 0.05) is 19.1 Å². The first-order valence-corrected chi connectivity index (χ1v) is 6.95. The number of ether oxygens (including phenoxy) is 2. The van der Waals surface area contributed by atoms with Gasteiger partial charge in [-0.05, 0) is 46.5 Å². The van der Waals surface area contributed by atoms with Crippen molar-refractivity contribution in [1.82, 2.24) is 5.32 Å². The van der Waals surface area contributed by atoms with Gasteiger partial charge in [-0.25, -0.2) is 4.79 Å². The summed E-state index contributed by atoms with van der Waals surface area (Å²) in [6.45, 7) is 5.47. The fourth-order valence-electron chi connectivity index (χ4n) is 1.70. The van der Waals surface area contributed by atoms with E-state index >= 15 is 0 Å². The molecule has 118 valence electrons. The van der Waals surface area contributed by atoms with Crippen LogP contribution in [0.4, 0.5) is 4.79 Å². The third-order valence-corrected chi connectivity index (χ3v) is 2.59. The molecule has 6 nitrogen and oxygen atoms in total. The Kier molecular flexibility index (Phi) is 8.96. The van der Waals surface area contributed by atoms with Crippen molar-refractivity contribution in [2.75, 3.05) is 13.7 Å². The minimum atomic E-state index is -0.544. The van der Waals surface area contributed by atoms with Crippen molar-refractivity contribution in [2.45, 2.75) is 64.5 Å². The molecule has 2 N–H and O–H groups in total. The van der Waals surface area contributed by atoms with Crippen molar-refractivity contribution in [1.29, 1.82) is 0 Å². The smallest absolute Gasteiger partial charge is 0.407 e. The predicted molar refractivity (Wildman–Crippen MR) is 75.3 cm³/mol. The van der Waals surface area contributed by atoms with Crippen LogP contribution in [-0.4, -0.2) is 42.5 Å². The lowest BCUT2D eigenvalue weighted by atomic mass is 10.0. The summed E-state index contributed by atoms with van der Waals surface area (Å²) in [5.41, 5.74) is -0.544. The van der Waals surface area contributed by atoms with Gasteiger partial charge in [-0.2, -0.15) is 0 Å². The largest absolute Gasteiger partial charge is 0.469 e. The molecule has 0 aliphatic rings. The van der Waals surface area contributed by atoms with Gasteiger partial charge in [0.25, 0.3) is 0 Å². The van der Waals surface area contributed by atoms with Gasteiger partial charge in [-0.15, -0.1) is 0 Å². The van der Waals surface area contributed by atoms with Gasteiger partial charge >= 0.3 is 12.1 Å². The van der Waals surface area contributed by atoms with Crippen LogP contribution in [0, 0.1) is 0 Å². The molecular formula is C14H27NO5. The summed E-state index contributed by atoms with van der Waals surface area (Å²) in [7, 11) is 1.35. The van der Waals surface area contributed by atoms with Crippen LogP contribution in [0.5, 0.6) is 0 Å². The standard InChI is InChI=1S/C14H27NO5/c1-14(2,3)20-13(18)15-11(8-6-10-16)7-5-9-12(17)19-4/h11,16H,5-10H2,1-4H3,(H,15,18). The number of carbonyl (C=O) groups is 2. The number of carbonyl (C=O) groups excluding carboxylic acids is 2. The molecule has 0 radical (unpaired) electrons. The molecule has 6 heteroatoms. The number of esters is 1. The summed E-state index contributed by atoms with van der Waals surface area (Å²) >= 11 is 0. The number of nitrogens with one attached hydrogen (secondary N) is 1. The Labute approximate surface area is 120 Å². The van der Waals surface area contributed by atoms with Gasteiger partial charge < -0.3 is 19.9 Å². The summed E-state index contributed by atoms with van der Waals surface area (Å²) in [4.78, 5) is 22.7. The molecule has 20 heavy (non-hydrogen) atoms. The van der Waals surface area contributed by atoms with Gasteiger partial charge in [0.2, 0.25) is 0 Å². The van der Waals surface area contributed by atoms with Gasteiger partial charge in [0.15, 0.2) is 0 Å². The zero-order valence-electron chi connectivity index (χ0n) is 12.9. The molecule has 0 spiro atoms. The van der Waals surface area contributed by atoms with Crippen LogP contribution in [0.2, 0.25) is 0 Å². The lowest BCUT2D eigenvalue weighted by Crippen LogP contribution is -2.39. The lowest BCUT2D eigenvalue weighted by Gasteiger charge is -2.23. The van der Waals surface area contributed by atoms with Crippen molar-refractivity contribution in [3.8, 4) is 0 Å². The molecule has 0 heterocycles. The van der Waals surface area contributed by atoms with E-state index in [-0.39, 0.29) is 18.6 Å². The van der Waals surface area contributed by atoms with Crippen molar-refractivity contribution in [2.24, 2.45) is 0 Å². The monoisotopic (exact) mass is 289 g/mol. The first-order chi connectivity index (χ1) is 9.28. The van der Waals surface area contributed by atoms with E-state index in [0.29, 0.717) is 32.1 Å². The van der Waals surface area contributed by atoms with Gasteiger partial charge in [-0.1, -0.05) is 0 Å². The number of hydrogen-bond acceptors (Lipinski definition) is 5. The van der Waals surface area contributed by atoms with E-state index in [0.717, 1.165) is 0 Å². The molecule has 0 rings (SSSR count). The number of amides is 1. The summed E-state index contributed by atoms with van der Waals surface area (Å²) in [5.74, 6) is -0.261. The predicted octanol–water partition coefficient (Wildman–Crippen LogP) is 2.00. The Morgan fingerprint density at radius 3 is 2.30 bits per heavy atom. The summed E-state index contributed by atoms with van der Waals surface area (Å²) in [6, 6.07) is -0.110. The molecule has 0 aromatic rings. The molecule has 0 aromatic carbocycles. The third kappa shape index (κ3) is 10.6. The van der Waals surface area contributed by atoms with E-state index < -0.39 is 11.7 Å². The highest BCUT2D eigenvalue weighted by Gasteiger charge is 2.19. The van der Waals surface area contributed by atoms with Crippen LogP contribution >= 0.6 is 0 Å². The average Bonchev–Trinajstić information content (AvgIpc) is 2.33. The van der Waals surface area contributed by atoms with Crippen LogP contribution in [0.15, 0.2) is 0 Å². The second-order valence-electron chi connectivity index (χ2n) is 5.68. The van der Waals surface area contributed by atoms with E-state index in [1.807, 2.05) is 0 Å². The van der Waals surface area contributed by atoms with Crippen LogP contribution in [0.25, 0.3) is 0 Å². The number of rotatable bonds is 8. The first kappa shape index (κ1) is 18.7. The topological polar surface area (TPSA) is 84.9 Å². The van der Waals surface area contributed by atoms with E-state index in [9.17, 15) is 9.59 Å². The fraction of sp³-hybridized carbons (Fsp3) is 0.857. The highest BCUT2D eigenvalue weighted by atomic mass is 16.6. The molecule has 1 amide bonds. The maximum atomic E-state index is 11.7. The molecule has 0 saturated heterocycles. The summed E-state index contributed by atoms with van der Waals surface area (Å²) < 4.78 is 9.76. The highest BCUT2D eigenvalue weighted by molar-refractivity contribution is 5.69. The SMILES string of the molecule is COC(=O)CCCC(CCCO)NC(=O)OC(C)(C)C. The van der Waals surface area contributed by atoms with Crippen molar-refractivity contribution >= 4 is 12.1 Å². The Bertz CT molecular complexity index is 298. The average molecular weight is 289 g/mol. The summed E-state index contributed by atoms with van der Waals surface area (Å²) in [6.07, 6.45) is 2.36. The molecule has 0 aromatic heterocycles. The number of methoxy groups -OCH3 is 1. The molecule has 1 unspecified atom stereocenters. The van der Waals surface area contributed by atoms with Gasteiger partial charge in [-0.3, -0.25) is 4.79 Å². The number of aliphatic hydroxyl groups excluding tert-OH is 1. The van der Waals surface area contributed by atoms with Crippen molar-refractivity contribution in [3.05, 3.63) is 0 Å². The number of aliphatic hydroxyl groups is 1. The molecule has 0 fully saturated rings. The van der Waals surface area contributed by atoms with Crippen molar-refractivity contribution in [3.63, 3.8) is 0 Å². The third-order valence-electron chi connectivity index (χ3n) is 2.59. The maximum absolute atomic E-state index is 11.7. The molecule has 0 aliphatic carbocycles. The zero-order valence-corrected chi connectivity index (χ0v) is 12.9. The van der Waals surface area contributed by atoms with Gasteiger partial charge in [0.05, 0.1) is 7.11 Å². The Hall–Kier alpha value is -1.30. The Morgan fingerprint density at radius 1 is 1.20 bits per heavy atom. The minimum Gasteiger partial charge on any atom is -0.469 e. The molecule has 0 aliphatic heterocycles. The first-order valence-electron chi connectivity index (χ1n) is 6.95. The van der Waals surface area contributed by atoms with Crippen LogP contribution in [0.3, 0.4) is 0 Å². The van der Waals surface area contributed by atoms with Gasteiger partial charge in [0.1, 0.15) is 5.60 Å². The normalized spacial score (nSPS) is 12.7. The van der Waals surface area contributed by atoms with Crippen LogP contribution in [-0.2, 0) is 14.3 Å². The van der Waals surface area contributed by atoms with E-state index in [2.05, 4.69) is 10.1 Å². The van der Waals surface area contributed by atoms with Crippen LogP contribution in [0.1, 0.15) is 52.9 Å². The van der Waals surface area contributed by atoms with E-state index in [1.54, 1.807) is 20.8 Å². The molecule has 0 saturated carbocycles. The number of hydrogen-bond donors (Lipinski definition) is 2. The molecule has 1 atom stereocenters. The Balaban J connectivity index is 4.19. The number of alkyl carbamates (subject to hydrolysis) is 1. The summed E-state index contributed by atoms with van der Waals surface area (Å²) in [5, 5.41) is 11.6. The second kappa shape index (κ2) is 9.58. The zero-order chi connectivity index (χ0) is 15.6. The quantitative estimate of drug-likeness (QED) is 0.668. The molecule has 0 bridgehead atoms. The highest BCUT2D eigenvalue weighted by Crippen LogP contribution is 2.11.